The lowest BCUT2D eigenvalue weighted by Crippen LogP contribution is -2.12. The molecule has 0 unspecified atom stereocenters. The van der Waals surface area contributed by atoms with E-state index in [2.05, 4.69) is 11.9 Å². The fourth-order valence-electron chi connectivity index (χ4n) is 3.32. The van der Waals surface area contributed by atoms with Gasteiger partial charge in [-0.2, -0.15) is 0 Å². The van der Waals surface area contributed by atoms with Gasteiger partial charge in [0.05, 0.1) is 21.5 Å². The molecule has 0 radical (unpaired) electrons. The summed E-state index contributed by atoms with van der Waals surface area (Å²) in [5.41, 5.74) is 3.76. The number of benzene rings is 2. The Morgan fingerprint density at radius 1 is 1.14 bits per heavy atom. The van der Waals surface area contributed by atoms with Crippen molar-refractivity contribution in [3.05, 3.63) is 58.9 Å². The predicted octanol–water partition coefficient (Wildman–Crippen LogP) is 3.46. The maximum absolute atomic E-state index is 12.5. The summed E-state index contributed by atoms with van der Waals surface area (Å²) >= 11 is 0. The van der Waals surface area contributed by atoms with Gasteiger partial charge < -0.3 is 9.30 Å². The average molecular weight is 416 g/mol. The number of esters is 1. The summed E-state index contributed by atoms with van der Waals surface area (Å²) in [6, 6.07) is 10.2. The van der Waals surface area contributed by atoms with Gasteiger partial charge in [-0.15, -0.1) is 0 Å². The maximum Gasteiger partial charge on any atom is 0.338 e. The highest BCUT2D eigenvalue weighted by molar-refractivity contribution is 7.89. The number of unbranched alkanes of at least 4 members (excludes halogenated alkanes) is 1. The minimum atomic E-state index is -3.82. The van der Waals surface area contributed by atoms with Gasteiger partial charge in [-0.3, -0.25) is 0 Å². The molecular formula is C21H25N3O4S. The third-order valence-electron chi connectivity index (χ3n) is 4.65. The number of nitrogens with two attached hydrogens (primary N) is 1. The van der Waals surface area contributed by atoms with Crippen LogP contribution in [0.2, 0.25) is 0 Å². The monoisotopic (exact) mass is 415 g/mol. The van der Waals surface area contributed by atoms with Crippen LogP contribution >= 0.6 is 0 Å². The van der Waals surface area contributed by atoms with E-state index in [1.807, 2.05) is 24.5 Å². The van der Waals surface area contributed by atoms with Gasteiger partial charge in [0.1, 0.15) is 12.4 Å². The van der Waals surface area contributed by atoms with Crippen molar-refractivity contribution in [3.63, 3.8) is 0 Å². The highest BCUT2D eigenvalue weighted by atomic mass is 32.2. The van der Waals surface area contributed by atoms with E-state index in [4.69, 9.17) is 9.88 Å². The number of hydrogen-bond donors (Lipinski definition) is 1. The summed E-state index contributed by atoms with van der Waals surface area (Å²) in [4.78, 5) is 17.0. The van der Waals surface area contributed by atoms with E-state index in [1.165, 1.54) is 12.1 Å². The first kappa shape index (κ1) is 21.0. The zero-order valence-electron chi connectivity index (χ0n) is 16.8. The van der Waals surface area contributed by atoms with E-state index in [0.29, 0.717) is 23.4 Å². The fourth-order valence-corrected chi connectivity index (χ4v) is 3.85. The molecule has 0 saturated heterocycles. The lowest BCUT2D eigenvalue weighted by atomic mass is 10.1. The molecule has 8 heteroatoms. The number of aryl methyl sites for hydroxylation is 3. The van der Waals surface area contributed by atoms with Crippen LogP contribution in [-0.4, -0.2) is 23.9 Å². The molecule has 29 heavy (non-hydrogen) atoms. The summed E-state index contributed by atoms with van der Waals surface area (Å²) in [7, 11) is -3.82. The first-order valence-corrected chi connectivity index (χ1v) is 11.0. The number of rotatable bonds is 7. The van der Waals surface area contributed by atoms with Crippen LogP contribution in [0.25, 0.3) is 11.0 Å². The molecule has 0 atom stereocenters. The maximum atomic E-state index is 12.5. The second kappa shape index (κ2) is 8.34. The number of hydrogen-bond acceptors (Lipinski definition) is 5. The van der Waals surface area contributed by atoms with E-state index in [9.17, 15) is 13.2 Å². The van der Waals surface area contributed by atoms with Crippen LogP contribution in [0.1, 0.15) is 47.1 Å². The second-order valence-corrected chi connectivity index (χ2v) is 8.74. The third kappa shape index (κ3) is 4.83. The SMILES string of the molecule is CCCCn1c(COC(=O)c2cc(C)cc(C)c2)nc2cc(S(N)(=O)=O)ccc21. The number of primary sulfonamides is 1. The molecule has 0 fully saturated rings. The van der Waals surface area contributed by atoms with Crippen LogP contribution < -0.4 is 5.14 Å². The summed E-state index contributed by atoms with van der Waals surface area (Å²) < 4.78 is 30.7. The van der Waals surface area contributed by atoms with Gasteiger partial charge >= 0.3 is 5.97 Å². The van der Waals surface area contributed by atoms with Crippen LogP contribution in [0.15, 0.2) is 41.3 Å². The molecule has 154 valence electrons. The van der Waals surface area contributed by atoms with Crippen molar-refractivity contribution < 1.29 is 17.9 Å². The van der Waals surface area contributed by atoms with E-state index < -0.39 is 16.0 Å². The number of fused-ring (bicyclic) bond motifs is 1. The zero-order valence-corrected chi connectivity index (χ0v) is 17.6. The molecule has 2 N–H and O–H groups in total. The molecule has 0 amide bonds. The van der Waals surface area contributed by atoms with Gasteiger partial charge in [-0.05, 0) is 50.6 Å². The number of nitrogens with zero attached hydrogens (tertiary/aromatic N) is 2. The molecule has 2 aromatic carbocycles. The molecule has 0 saturated carbocycles. The second-order valence-electron chi connectivity index (χ2n) is 7.18. The zero-order chi connectivity index (χ0) is 21.2. The van der Waals surface area contributed by atoms with Gasteiger partial charge in [-0.1, -0.05) is 30.5 Å². The van der Waals surface area contributed by atoms with Crippen molar-refractivity contribution in [1.82, 2.24) is 9.55 Å². The van der Waals surface area contributed by atoms with Crippen LogP contribution in [-0.2, 0) is 27.9 Å². The Morgan fingerprint density at radius 2 is 1.83 bits per heavy atom. The molecule has 0 aliphatic carbocycles. The molecule has 0 bridgehead atoms. The molecule has 1 aromatic heterocycles. The number of carbonyl (C=O) groups is 1. The Labute approximate surface area is 170 Å². The Bertz CT molecular complexity index is 1150. The minimum absolute atomic E-state index is 0.00363. The van der Waals surface area contributed by atoms with Crippen LogP contribution in [0.4, 0.5) is 0 Å². The summed E-state index contributed by atoms with van der Waals surface area (Å²) in [6.07, 6.45) is 1.90. The summed E-state index contributed by atoms with van der Waals surface area (Å²) in [5, 5.41) is 5.23. The van der Waals surface area contributed by atoms with Crippen molar-refractivity contribution in [2.45, 2.75) is 51.7 Å². The van der Waals surface area contributed by atoms with Gasteiger partial charge in [0, 0.05) is 6.54 Å². The van der Waals surface area contributed by atoms with Crippen LogP contribution in [0, 0.1) is 13.8 Å². The van der Waals surface area contributed by atoms with E-state index >= 15 is 0 Å². The van der Waals surface area contributed by atoms with Crippen molar-refractivity contribution in [2.24, 2.45) is 5.14 Å². The number of sulfonamides is 1. The molecule has 3 rings (SSSR count). The lowest BCUT2D eigenvalue weighted by Gasteiger charge is -2.10. The highest BCUT2D eigenvalue weighted by Gasteiger charge is 2.17. The van der Waals surface area contributed by atoms with Gasteiger partial charge in [-0.25, -0.2) is 23.3 Å². The first-order valence-electron chi connectivity index (χ1n) is 9.46. The largest absolute Gasteiger partial charge is 0.454 e. The van der Waals surface area contributed by atoms with Gasteiger partial charge in [0.2, 0.25) is 10.0 Å². The highest BCUT2D eigenvalue weighted by Crippen LogP contribution is 2.22. The third-order valence-corrected chi connectivity index (χ3v) is 5.56. The smallest absolute Gasteiger partial charge is 0.338 e. The number of imidazole rings is 1. The fraction of sp³-hybridized carbons (Fsp3) is 0.333. The molecule has 7 nitrogen and oxygen atoms in total. The molecule has 1 heterocycles. The Morgan fingerprint density at radius 3 is 2.45 bits per heavy atom. The van der Waals surface area contributed by atoms with E-state index in [0.717, 1.165) is 29.5 Å². The van der Waals surface area contributed by atoms with Crippen molar-refractivity contribution in [2.75, 3.05) is 0 Å². The van der Waals surface area contributed by atoms with E-state index in [-0.39, 0.29) is 11.5 Å². The average Bonchev–Trinajstić information content (AvgIpc) is 2.99. The molecule has 0 aliphatic heterocycles. The van der Waals surface area contributed by atoms with Crippen LogP contribution in [0.5, 0.6) is 0 Å². The first-order chi connectivity index (χ1) is 13.7. The van der Waals surface area contributed by atoms with E-state index in [1.54, 1.807) is 18.2 Å². The standard InChI is InChI=1S/C21H25N3O4S/c1-4-5-8-24-19-7-6-17(29(22,26)27)12-18(19)23-20(24)13-28-21(25)16-10-14(2)9-15(3)11-16/h6-7,9-12H,4-5,8,13H2,1-3H3,(H2,22,26,27). The Hall–Kier alpha value is -2.71. The number of ether oxygens (including phenoxy) is 1. The van der Waals surface area contributed by atoms with Crippen LogP contribution in [0.3, 0.4) is 0 Å². The van der Waals surface area contributed by atoms with Gasteiger partial charge in [0.25, 0.3) is 0 Å². The molecule has 0 aliphatic rings. The molecular weight excluding hydrogens is 390 g/mol. The van der Waals surface area contributed by atoms with Crippen molar-refractivity contribution in [1.29, 1.82) is 0 Å². The molecule has 3 aromatic rings. The minimum Gasteiger partial charge on any atom is -0.454 e. The Balaban J connectivity index is 1.91. The number of carbonyl (C=O) groups excluding carboxylic acids is 1. The topological polar surface area (TPSA) is 104 Å². The number of aromatic nitrogens is 2. The quantitative estimate of drug-likeness (QED) is 0.595. The normalized spacial score (nSPS) is 11.7. The Kier molecular flexibility index (Phi) is 6.04. The molecule has 0 spiro atoms. The summed E-state index contributed by atoms with van der Waals surface area (Å²) in [5.74, 6) is 0.147. The lowest BCUT2D eigenvalue weighted by molar-refractivity contribution is 0.0458. The summed E-state index contributed by atoms with van der Waals surface area (Å²) in [6.45, 7) is 6.62. The van der Waals surface area contributed by atoms with Gasteiger partial charge in [0.15, 0.2) is 0 Å². The van der Waals surface area contributed by atoms with Crippen molar-refractivity contribution in [3.8, 4) is 0 Å². The predicted molar refractivity (Wildman–Crippen MR) is 111 cm³/mol. The van der Waals surface area contributed by atoms with Crippen molar-refractivity contribution >= 4 is 27.0 Å².